The average Bonchev–Trinajstić information content (AvgIpc) is 3.15. The molecule has 0 saturated heterocycles. The summed E-state index contributed by atoms with van der Waals surface area (Å²) in [6, 6.07) is 57.4. The molecule has 0 bridgehead atoms. The Morgan fingerprint density at radius 1 is 0.408 bits per heavy atom. The summed E-state index contributed by atoms with van der Waals surface area (Å²) in [5, 5.41) is 0. The lowest BCUT2D eigenvalue weighted by Crippen LogP contribution is -2.58. The molecule has 0 aliphatic carbocycles. The first-order chi connectivity index (χ1) is 24.1. The Balaban J connectivity index is 1.42. The zero-order valence-corrected chi connectivity index (χ0v) is 27.4. The van der Waals surface area contributed by atoms with Gasteiger partial charge < -0.3 is 19.3 Å². The molecule has 0 amide bonds. The van der Waals surface area contributed by atoms with Crippen LogP contribution in [0.2, 0.25) is 0 Å². The molecule has 0 N–H and O–H groups in total. The molecule has 0 radical (unpaired) electrons. The molecular weight excluding hydrogens is 599 g/mol. The lowest BCUT2D eigenvalue weighted by atomic mass is 9.34. The predicted molar refractivity (Wildman–Crippen MR) is 203 cm³/mol. The first kappa shape index (κ1) is 29.0. The van der Waals surface area contributed by atoms with Crippen molar-refractivity contribution in [1.82, 2.24) is 0 Å². The number of para-hydroxylation sites is 4. The van der Waals surface area contributed by atoms with Crippen LogP contribution in [0.3, 0.4) is 0 Å². The Labute approximate surface area is 287 Å². The standard InChI is InChI=1S/C44H33BN2O2/c1-30-23-25-40-36(27-30)45-37-28-31(2)24-26-41(37)49-44-39(47(34-19-11-5-12-20-34)35-21-13-6-14-22-35)29-38(43(48-40)42(44)45)46(32-15-7-3-8-16-32)33-17-9-4-10-18-33/h3-29H,1-2H3. The van der Waals surface area contributed by atoms with Crippen LogP contribution in [0.4, 0.5) is 34.1 Å². The molecule has 0 saturated carbocycles. The number of rotatable bonds is 6. The summed E-state index contributed by atoms with van der Waals surface area (Å²) in [7, 11) is 0. The molecule has 9 rings (SSSR count). The number of hydrogen-bond donors (Lipinski definition) is 0. The minimum absolute atomic E-state index is 0.0993. The number of ether oxygens (including phenoxy) is 2. The smallest absolute Gasteiger partial charge is 0.260 e. The second-order valence-corrected chi connectivity index (χ2v) is 12.7. The zero-order valence-electron chi connectivity index (χ0n) is 27.4. The van der Waals surface area contributed by atoms with Crippen LogP contribution < -0.4 is 35.7 Å². The number of nitrogens with zero attached hydrogens (tertiary/aromatic N) is 2. The maximum Gasteiger partial charge on any atom is 0.260 e. The van der Waals surface area contributed by atoms with Crippen LogP contribution in [0.25, 0.3) is 0 Å². The highest BCUT2D eigenvalue weighted by molar-refractivity contribution is 6.98. The molecule has 49 heavy (non-hydrogen) atoms. The van der Waals surface area contributed by atoms with Gasteiger partial charge in [-0.1, -0.05) is 108 Å². The van der Waals surface area contributed by atoms with Gasteiger partial charge in [0.25, 0.3) is 6.71 Å². The third kappa shape index (κ3) is 4.94. The fourth-order valence-electron chi connectivity index (χ4n) is 7.28. The average molecular weight is 633 g/mol. The molecule has 0 atom stereocenters. The molecule has 0 fully saturated rings. The first-order valence-corrected chi connectivity index (χ1v) is 16.7. The van der Waals surface area contributed by atoms with Crippen molar-refractivity contribution in [2.75, 3.05) is 9.80 Å². The fourth-order valence-corrected chi connectivity index (χ4v) is 7.28. The first-order valence-electron chi connectivity index (χ1n) is 16.7. The minimum Gasteiger partial charge on any atom is -0.456 e. The highest BCUT2D eigenvalue weighted by Gasteiger charge is 2.44. The number of benzene rings is 7. The van der Waals surface area contributed by atoms with Crippen molar-refractivity contribution in [3.05, 3.63) is 175 Å². The topological polar surface area (TPSA) is 24.9 Å². The summed E-state index contributed by atoms with van der Waals surface area (Å²) in [4.78, 5) is 4.60. The monoisotopic (exact) mass is 632 g/mol. The van der Waals surface area contributed by atoms with Gasteiger partial charge in [0.1, 0.15) is 11.5 Å². The largest absolute Gasteiger partial charge is 0.456 e. The van der Waals surface area contributed by atoms with E-state index in [4.69, 9.17) is 9.47 Å². The molecule has 234 valence electrons. The molecule has 2 aliphatic rings. The van der Waals surface area contributed by atoms with E-state index < -0.39 is 0 Å². The number of fused-ring (bicyclic) bond motifs is 4. The summed E-state index contributed by atoms with van der Waals surface area (Å²) in [6.45, 7) is 4.19. The highest BCUT2D eigenvalue weighted by atomic mass is 16.5. The van der Waals surface area contributed by atoms with E-state index in [2.05, 4.69) is 187 Å². The van der Waals surface area contributed by atoms with E-state index >= 15 is 0 Å². The van der Waals surface area contributed by atoms with Gasteiger partial charge in [-0.15, -0.1) is 0 Å². The van der Waals surface area contributed by atoms with Gasteiger partial charge in [-0.25, -0.2) is 0 Å². The molecule has 0 aromatic heterocycles. The van der Waals surface area contributed by atoms with Crippen molar-refractivity contribution >= 4 is 57.2 Å². The lowest BCUT2D eigenvalue weighted by molar-refractivity contribution is 0.466. The summed E-state index contributed by atoms with van der Waals surface area (Å²) in [5.74, 6) is 3.31. The maximum atomic E-state index is 7.09. The second-order valence-electron chi connectivity index (χ2n) is 12.7. The van der Waals surface area contributed by atoms with E-state index in [0.717, 1.165) is 73.5 Å². The van der Waals surface area contributed by atoms with Crippen LogP contribution in [0.1, 0.15) is 11.1 Å². The molecule has 5 heteroatoms. The third-order valence-corrected chi connectivity index (χ3v) is 9.43. The normalized spacial score (nSPS) is 12.2. The van der Waals surface area contributed by atoms with Crippen LogP contribution >= 0.6 is 0 Å². The fraction of sp³-hybridized carbons (Fsp3) is 0.0455. The Hall–Kier alpha value is -6.20. The Morgan fingerprint density at radius 3 is 1.10 bits per heavy atom. The summed E-state index contributed by atoms with van der Waals surface area (Å²) >= 11 is 0. The molecule has 7 aromatic carbocycles. The molecule has 7 aromatic rings. The quantitative estimate of drug-likeness (QED) is 0.170. The molecule has 4 nitrogen and oxygen atoms in total. The molecule has 0 spiro atoms. The van der Waals surface area contributed by atoms with Gasteiger partial charge in [0.2, 0.25) is 0 Å². The van der Waals surface area contributed by atoms with Crippen LogP contribution in [0.15, 0.2) is 164 Å². The van der Waals surface area contributed by atoms with E-state index in [-0.39, 0.29) is 6.71 Å². The van der Waals surface area contributed by atoms with E-state index in [1.54, 1.807) is 0 Å². The van der Waals surface area contributed by atoms with E-state index in [9.17, 15) is 0 Å². The van der Waals surface area contributed by atoms with Crippen molar-refractivity contribution in [2.24, 2.45) is 0 Å². The Kier molecular flexibility index (Phi) is 6.98. The molecule has 2 aliphatic heterocycles. The molecular formula is C44H33BN2O2. The van der Waals surface area contributed by atoms with Crippen LogP contribution in [0.5, 0.6) is 23.0 Å². The number of anilines is 6. The van der Waals surface area contributed by atoms with Crippen molar-refractivity contribution in [3.8, 4) is 23.0 Å². The van der Waals surface area contributed by atoms with Gasteiger partial charge in [0.15, 0.2) is 11.5 Å². The van der Waals surface area contributed by atoms with Crippen molar-refractivity contribution < 1.29 is 9.47 Å². The number of aryl methyl sites for hydroxylation is 2. The van der Waals surface area contributed by atoms with Crippen LogP contribution in [-0.4, -0.2) is 6.71 Å². The van der Waals surface area contributed by atoms with Crippen molar-refractivity contribution in [1.29, 1.82) is 0 Å². The lowest BCUT2D eigenvalue weighted by Gasteiger charge is -2.39. The van der Waals surface area contributed by atoms with Crippen molar-refractivity contribution in [3.63, 3.8) is 0 Å². The zero-order chi connectivity index (χ0) is 32.9. The Morgan fingerprint density at radius 2 is 0.755 bits per heavy atom. The van der Waals surface area contributed by atoms with E-state index in [1.807, 2.05) is 0 Å². The van der Waals surface area contributed by atoms with Crippen molar-refractivity contribution in [2.45, 2.75) is 13.8 Å². The second kappa shape index (κ2) is 11.8. The highest BCUT2D eigenvalue weighted by Crippen LogP contribution is 2.52. The SMILES string of the molecule is Cc1ccc2c(c1)B1c3cc(C)ccc3Oc3c(N(c4ccccc4)c4ccccc4)cc(N(c4ccccc4)c4ccccc4)c(c31)O2. The van der Waals surface area contributed by atoms with E-state index in [0.29, 0.717) is 0 Å². The Bertz CT molecular complexity index is 2070. The van der Waals surface area contributed by atoms with Gasteiger partial charge >= 0.3 is 0 Å². The van der Waals surface area contributed by atoms with Gasteiger partial charge in [-0.2, -0.15) is 0 Å². The summed E-state index contributed by atoms with van der Waals surface area (Å²) in [6.07, 6.45) is 0. The minimum atomic E-state index is -0.0993. The molecule has 0 unspecified atom stereocenters. The maximum absolute atomic E-state index is 7.09. The third-order valence-electron chi connectivity index (χ3n) is 9.43. The van der Waals surface area contributed by atoms with Gasteiger partial charge in [-0.3, -0.25) is 0 Å². The summed E-state index contributed by atoms with van der Waals surface area (Å²) < 4.78 is 14.2. The summed E-state index contributed by atoms with van der Waals surface area (Å²) in [5.41, 5.74) is 11.7. The van der Waals surface area contributed by atoms with Crippen LogP contribution in [-0.2, 0) is 0 Å². The van der Waals surface area contributed by atoms with Gasteiger partial charge in [0.05, 0.1) is 11.4 Å². The molecule has 2 heterocycles. The number of hydrogen-bond acceptors (Lipinski definition) is 4. The predicted octanol–water partition coefficient (Wildman–Crippen LogP) is 9.97. The van der Waals surface area contributed by atoms with Gasteiger partial charge in [0, 0.05) is 28.2 Å². The van der Waals surface area contributed by atoms with Gasteiger partial charge in [-0.05, 0) is 91.5 Å². The van der Waals surface area contributed by atoms with E-state index in [1.165, 1.54) is 11.1 Å². The van der Waals surface area contributed by atoms with Crippen LogP contribution in [0, 0.1) is 13.8 Å².